The van der Waals surface area contributed by atoms with Crippen LogP contribution in [0.2, 0.25) is 0 Å². The van der Waals surface area contributed by atoms with Crippen LogP contribution in [0.1, 0.15) is 53.4 Å². The molecule has 0 amide bonds. The summed E-state index contributed by atoms with van der Waals surface area (Å²) in [6.45, 7) is 10.1. The first-order valence-electron chi connectivity index (χ1n) is 6.46. The zero-order valence-electron chi connectivity index (χ0n) is 10.8. The van der Waals surface area contributed by atoms with E-state index in [1.807, 2.05) is 0 Å². The lowest BCUT2D eigenvalue weighted by Gasteiger charge is -2.32. The van der Waals surface area contributed by atoms with E-state index in [1.165, 1.54) is 31.3 Å². The molecule has 1 rings (SSSR count). The fourth-order valence-electron chi connectivity index (χ4n) is 2.45. The first-order chi connectivity index (χ1) is 7.09. The van der Waals surface area contributed by atoms with Gasteiger partial charge in [-0.1, -0.05) is 38.3 Å². The molecule has 0 radical (unpaired) electrons. The van der Waals surface area contributed by atoms with Crippen molar-refractivity contribution in [3.8, 4) is 0 Å². The van der Waals surface area contributed by atoms with Crippen LogP contribution in [0.3, 0.4) is 0 Å². The molecule has 1 aliphatic carbocycles. The Balaban J connectivity index is 2.27. The summed E-state index contributed by atoms with van der Waals surface area (Å²) in [5, 5.41) is 3.66. The van der Waals surface area contributed by atoms with E-state index in [0.717, 1.165) is 24.4 Å². The van der Waals surface area contributed by atoms with Gasteiger partial charge in [-0.05, 0) is 38.5 Å². The summed E-state index contributed by atoms with van der Waals surface area (Å²) in [6, 6.07) is 0.766. The van der Waals surface area contributed by atoms with Gasteiger partial charge in [0.1, 0.15) is 0 Å². The average molecular weight is 209 g/mol. The van der Waals surface area contributed by atoms with Crippen LogP contribution >= 0.6 is 0 Å². The van der Waals surface area contributed by atoms with Crippen molar-refractivity contribution in [3.63, 3.8) is 0 Å². The Labute approximate surface area is 95.3 Å². The molecule has 0 heterocycles. The number of hydrogen-bond acceptors (Lipinski definition) is 1. The van der Waals surface area contributed by atoms with Crippen LogP contribution in [0.25, 0.3) is 0 Å². The van der Waals surface area contributed by atoms with Gasteiger partial charge in [-0.2, -0.15) is 0 Å². The van der Waals surface area contributed by atoms with Gasteiger partial charge in [0.15, 0.2) is 0 Å². The molecule has 0 aromatic rings. The molecule has 15 heavy (non-hydrogen) atoms. The highest BCUT2D eigenvalue weighted by atomic mass is 14.9. The van der Waals surface area contributed by atoms with Crippen molar-refractivity contribution in [1.29, 1.82) is 0 Å². The van der Waals surface area contributed by atoms with E-state index in [9.17, 15) is 0 Å². The molecule has 1 heteroatoms. The van der Waals surface area contributed by atoms with Gasteiger partial charge in [0, 0.05) is 12.6 Å². The molecule has 0 saturated heterocycles. The highest BCUT2D eigenvalue weighted by Gasteiger charge is 2.23. The first kappa shape index (κ1) is 12.8. The molecule has 2 unspecified atom stereocenters. The van der Waals surface area contributed by atoms with Crippen molar-refractivity contribution < 1.29 is 0 Å². The van der Waals surface area contributed by atoms with Gasteiger partial charge in [-0.25, -0.2) is 0 Å². The van der Waals surface area contributed by atoms with Crippen molar-refractivity contribution in [2.24, 2.45) is 11.8 Å². The fraction of sp³-hybridized carbons (Fsp3) is 0.857. The summed E-state index contributed by atoms with van der Waals surface area (Å²) in [4.78, 5) is 0. The van der Waals surface area contributed by atoms with Crippen LogP contribution in [0.4, 0.5) is 0 Å². The van der Waals surface area contributed by atoms with E-state index in [1.54, 1.807) is 0 Å². The van der Waals surface area contributed by atoms with Crippen LogP contribution < -0.4 is 5.32 Å². The molecule has 1 N–H and O–H groups in total. The lowest BCUT2D eigenvalue weighted by molar-refractivity contribution is 0.235. The molecule has 2 atom stereocenters. The van der Waals surface area contributed by atoms with Gasteiger partial charge < -0.3 is 5.32 Å². The third-order valence-corrected chi connectivity index (χ3v) is 3.57. The van der Waals surface area contributed by atoms with E-state index in [2.05, 4.69) is 39.1 Å². The molecule has 88 valence electrons. The van der Waals surface area contributed by atoms with Gasteiger partial charge in [-0.15, -0.1) is 0 Å². The fourth-order valence-corrected chi connectivity index (χ4v) is 2.45. The van der Waals surface area contributed by atoms with Crippen LogP contribution in [0, 0.1) is 11.8 Å². The second-order valence-electron chi connectivity index (χ2n) is 5.56. The molecule has 0 aromatic heterocycles. The standard InChI is InChI=1S/C14H27N/c1-11(2)8-9-15-14-7-5-6-13(10-14)12(3)4/h8,12-15H,5-7,9-10H2,1-4H3. The third-order valence-electron chi connectivity index (χ3n) is 3.57. The average Bonchev–Trinajstić information content (AvgIpc) is 2.17. The largest absolute Gasteiger partial charge is 0.311 e. The highest BCUT2D eigenvalue weighted by Crippen LogP contribution is 2.29. The molecular formula is C14H27N. The van der Waals surface area contributed by atoms with E-state index < -0.39 is 0 Å². The molecule has 1 nitrogen and oxygen atoms in total. The van der Waals surface area contributed by atoms with Crippen LogP contribution in [0.15, 0.2) is 11.6 Å². The summed E-state index contributed by atoms with van der Waals surface area (Å²) in [7, 11) is 0. The van der Waals surface area contributed by atoms with Crippen LogP contribution in [0.5, 0.6) is 0 Å². The van der Waals surface area contributed by atoms with Crippen molar-refractivity contribution in [1.82, 2.24) is 5.32 Å². The predicted octanol–water partition coefficient (Wildman–Crippen LogP) is 3.76. The maximum Gasteiger partial charge on any atom is 0.0139 e. The van der Waals surface area contributed by atoms with Gasteiger partial charge in [0.25, 0.3) is 0 Å². The first-order valence-corrected chi connectivity index (χ1v) is 6.46. The zero-order valence-corrected chi connectivity index (χ0v) is 10.8. The quantitative estimate of drug-likeness (QED) is 0.695. The van der Waals surface area contributed by atoms with E-state index in [4.69, 9.17) is 0 Å². The summed E-state index contributed by atoms with van der Waals surface area (Å²) in [5.41, 5.74) is 1.42. The Morgan fingerprint density at radius 3 is 2.67 bits per heavy atom. The summed E-state index contributed by atoms with van der Waals surface area (Å²) in [6.07, 6.45) is 7.90. The smallest absolute Gasteiger partial charge is 0.0139 e. The molecule has 1 aliphatic rings. The van der Waals surface area contributed by atoms with Crippen molar-refractivity contribution in [3.05, 3.63) is 11.6 Å². The Morgan fingerprint density at radius 2 is 2.07 bits per heavy atom. The van der Waals surface area contributed by atoms with Crippen molar-refractivity contribution >= 4 is 0 Å². The second kappa shape index (κ2) is 6.32. The minimum absolute atomic E-state index is 0.766. The Hall–Kier alpha value is -0.300. The number of rotatable bonds is 4. The molecule has 1 fully saturated rings. The number of hydrogen-bond donors (Lipinski definition) is 1. The summed E-state index contributed by atoms with van der Waals surface area (Å²) >= 11 is 0. The SMILES string of the molecule is CC(C)=CCNC1CCCC(C(C)C)C1. The second-order valence-corrected chi connectivity index (χ2v) is 5.56. The Kier molecular flexibility index (Phi) is 5.38. The summed E-state index contributed by atoms with van der Waals surface area (Å²) < 4.78 is 0. The van der Waals surface area contributed by atoms with Crippen LogP contribution in [-0.4, -0.2) is 12.6 Å². The summed E-state index contributed by atoms with van der Waals surface area (Å²) in [5.74, 6) is 1.81. The molecule has 0 aliphatic heterocycles. The lowest BCUT2D eigenvalue weighted by Crippen LogP contribution is -2.35. The number of nitrogens with one attached hydrogen (secondary N) is 1. The van der Waals surface area contributed by atoms with E-state index in [0.29, 0.717) is 0 Å². The Morgan fingerprint density at radius 1 is 1.33 bits per heavy atom. The van der Waals surface area contributed by atoms with Gasteiger partial charge in [-0.3, -0.25) is 0 Å². The third kappa shape index (κ3) is 4.83. The van der Waals surface area contributed by atoms with Crippen molar-refractivity contribution in [2.45, 2.75) is 59.4 Å². The topological polar surface area (TPSA) is 12.0 Å². The molecule has 0 spiro atoms. The van der Waals surface area contributed by atoms with E-state index >= 15 is 0 Å². The van der Waals surface area contributed by atoms with Gasteiger partial charge in [0.2, 0.25) is 0 Å². The van der Waals surface area contributed by atoms with Crippen LogP contribution in [-0.2, 0) is 0 Å². The molecular weight excluding hydrogens is 182 g/mol. The van der Waals surface area contributed by atoms with Gasteiger partial charge >= 0.3 is 0 Å². The minimum atomic E-state index is 0.766. The minimum Gasteiger partial charge on any atom is -0.311 e. The highest BCUT2D eigenvalue weighted by molar-refractivity contribution is 4.95. The monoisotopic (exact) mass is 209 g/mol. The molecule has 0 bridgehead atoms. The number of allylic oxidation sites excluding steroid dienone is 1. The molecule has 1 saturated carbocycles. The van der Waals surface area contributed by atoms with Gasteiger partial charge in [0.05, 0.1) is 0 Å². The maximum atomic E-state index is 3.66. The predicted molar refractivity (Wildman–Crippen MR) is 68.0 cm³/mol. The molecule has 0 aromatic carbocycles. The lowest BCUT2D eigenvalue weighted by atomic mass is 9.79. The Bertz CT molecular complexity index is 201. The van der Waals surface area contributed by atoms with Crippen molar-refractivity contribution in [2.75, 3.05) is 6.54 Å². The normalized spacial score (nSPS) is 26.7. The zero-order chi connectivity index (χ0) is 11.3. The van der Waals surface area contributed by atoms with E-state index in [-0.39, 0.29) is 0 Å². The maximum absolute atomic E-state index is 3.66.